The Morgan fingerprint density at radius 3 is 2.55 bits per heavy atom. The first-order chi connectivity index (χ1) is 14.8. The van der Waals surface area contributed by atoms with Gasteiger partial charge in [-0.15, -0.1) is 0 Å². The number of aromatic nitrogens is 3. The van der Waals surface area contributed by atoms with Crippen molar-refractivity contribution in [3.05, 3.63) is 62.0 Å². The fourth-order valence-corrected chi connectivity index (χ4v) is 5.55. The highest BCUT2D eigenvalue weighted by molar-refractivity contribution is 7.99. The molecule has 2 aromatic heterocycles. The van der Waals surface area contributed by atoms with Crippen molar-refractivity contribution in [1.82, 2.24) is 14.2 Å². The Bertz CT molecular complexity index is 1310. The number of thioether (sulfide) groups is 1. The van der Waals surface area contributed by atoms with Gasteiger partial charge < -0.3 is 4.90 Å². The second-order valence-electron chi connectivity index (χ2n) is 6.87. The van der Waals surface area contributed by atoms with Crippen LogP contribution in [0, 0.1) is 0 Å². The van der Waals surface area contributed by atoms with E-state index in [4.69, 9.17) is 23.2 Å². The van der Waals surface area contributed by atoms with Gasteiger partial charge in [-0.1, -0.05) is 29.3 Å². The Balaban J connectivity index is 1.64. The van der Waals surface area contributed by atoms with Crippen LogP contribution >= 0.6 is 35.0 Å². The van der Waals surface area contributed by atoms with E-state index >= 15 is 0 Å². The van der Waals surface area contributed by atoms with Crippen LogP contribution < -0.4 is 15.2 Å². The van der Waals surface area contributed by atoms with Gasteiger partial charge in [0.1, 0.15) is 5.69 Å². The molecule has 1 N–H and O–H groups in total. The lowest BCUT2D eigenvalue weighted by molar-refractivity contribution is 0.609. The Morgan fingerprint density at radius 1 is 1.19 bits per heavy atom. The van der Waals surface area contributed by atoms with E-state index in [1.807, 2.05) is 16.7 Å². The first-order valence-electron chi connectivity index (χ1n) is 9.32. The maximum Gasteiger partial charge on any atom is 0.292 e. The number of anilines is 2. The van der Waals surface area contributed by atoms with E-state index < -0.39 is 10.0 Å². The van der Waals surface area contributed by atoms with Crippen LogP contribution in [0.4, 0.5) is 11.4 Å². The molecule has 1 fully saturated rings. The number of hydrogen-bond donors (Lipinski definition) is 1. The van der Waals surface area contributed by atoms with Gasteiger partial charge in [-0.05, 0) is 18.2 Å². The molecule has 8 nitrogen and oxygen atoms in total. The minimum Gasteiger partial charge on any atom is -0.362 e. The zero-order valence-electron chi connectivity index (χ0n) is 16.5. The van der Waals surface area contributed by atoms with Crippen LogP contribution in [0.1, 0.15) is 5.56 Å². The van der Waals surface area contributed by atoms with Crippen molar-refractivity contribution < 1.29 is 8.42 Å². The predicted molar refractivity (Wildman–Crippen MR) is 128 cm³/mol. The average molecular weight is 500 g/mol. The van der Waals surface area contributed by atoms with Crippen LogP contribution in [-0.4, -0.2) is 47.2 Å². The molecule has 0 atom stereocenters. The van der Waals surface area contributed by atoms with E-state index in [1.54, 1.807) is 29.8 Å². The molecule has 0 saturated carbocycles. The maximum absolute atomic E-state index is 12.8. The van der Waals surface area contributed by atoms with Gasteiger partial charge in [0.25, 0.3) is 15.6 Å². The monoisotopic (exact) mass is 499 g/mol. The van der Waals surface area contributed by atoms with E-state index in [9.17, 15) is 13.2 Å². The molecule has 1 aliphatic rings. The summed E-state index contributed by atoms with van der Waals surface area (Å²) >= 11 is 14.0. The second-order valence-corrected chi connectivity index (χ2v) is 10.5. The van der Waals surface area contributed by atoms with Gasteiger partial charge in [0, 0.05) is 47.3 Å². The standard InChI is InChI=1S/C19H19Cl2N5O3S2/c1-24-19(27)17(25-6-8-30-9-7-25)18-22-11-13(12-26(18)24)23-31(28,29)10-5-14-15(20)3-2-4-16(14)21/h2-5,10-12,23H,6-9H2,1H3/b10-5+. The number of nitrogens with zero attached hydrogens (tertiary/aromatic N) is 4. The van der Waals surface area contributed by atoms with Crippen molar-refractivity contribution in [3.8, 4) is 0 Å². The zero-order valence-corrected chi connectivity index (χ0v) is 19.6. The van der Waals surface area contributed by atoms with Crippen LogP contribution in [0.2, 0.25) is 10.0 Å². The smallest absolute Gasteiger partial charge is 0.292 e. The fraction of sp³-hybridized carbons (Fsp3) is 0.263. The topological polar surface area (TPSA) is 88.7 Å². The van der Waals surface area contributed by atoms with Gasteiger partial charge in [0.15, 0.2) is 5.65 Å². The predicted octanol–water partition coefficient (Wildman–Crippen LogP) is 3.31. The molecule has 0 bridgehead atoms. The molecule has 0 spiro atoms. The molecule has 3 aromatic rings. The Morgan fingerprint density at radius 2 is 1.87 bits per heavy atom. The van der Waals surface area contributed by atoms with Gasteiger partial charge >= 0.3 is 0 Å². The van der Waals surface area contributed by atoms with Crippen molar-refractivity contribution in [2.45, 2.75) is 0 Å². The number of sulfonamides is 1. The highest BCUT2D eigenvalue weighted by Gasteiger charge is 2.22. The molecule has 0 unspecified atom stereocenters. The van der Waals surface area contributed by atoms with Gasteiger partial charge in [-0.2, -0.15) is 11.8 Å². The highest BCUT2D eigenvalue weighted by Crippen LogP contribution is 2.26. The summed E-state index contributed by atoms with van der Waals surface area (Å²) in [6.07, 6.45) is 4.25. The lowest BCUT2D eigenvalue weighted by atomic mass is 10.2. The number of nitrogens with one attached hydrogen (secondary N) is 1. The SMILES string of the molecule is Cn1c(=O)c(N2CCSCC2)c2ncc(NS(=O)(=O)/C=C/c3c(Cl)cccc3Cl)cn21. The van der Waals surface area contributed by atoms with Crippen LogP contribution in [0.5, 0.6) is 0 Å². The van der Waals surface area contributed by atoms with Gasteiger partial charge in [0.2, 0.25) is 0 Å². The summed E-state index contributed by atoms with van der Waals surface area (Å²) < 4.78 is 30.5. The van der Waals surface area contributed by atoms with Crippen molar-refractivity contribution in [2.24, 2.45) is 7.05 Å². The summed E-state index contributed by atoms with van der Waals surface area (Å²) in [6.45, 7) is 1.54. The first kappa shape index (κ1) is 22.1. The van der Waals surface area contributed by atoms with Crippen molar-refractivity contribution in [3.63, 3.8) is 0 Å². The zero-order chi connectivity index (χ0) is 22.2. The third-order valence-electron chi connectivity index (χ3n) is 4.84. The normalized spacial score (nSPS) is 15.1. The molecule has 164 valence electrons. The summed E-state index contributed by atoms with van der Waals surface area (Å²) in [6, 6.07) is 4.92. The molecule has 1 aromatic carbocycles. The minimum atomic E-state index is -3.87. The Labute approximate surface area is 193 Å². The molecule has 4 rings (SSSR count). The summed E-state index contributed by atoms with van der Waals surface area (Å²) in [5, 5.41) is 1.66. The van der Waals surface area contributed by atoms with E-state index in [1.165, 1.54) is 23.2 Å². The van der Waals surface area contributed by atoms with E-state index in [0.29, 0.717) is 26.9 Å². The molecule has 0 aliphatic carbocycles. The van der Waals surface area contributed by atoms with Crippen LogP contribution in [0.25, 0.3) is 11.7 Å². The highest BCUT2D eigenvalue weighted by atomic mass is 35.5. The molecule has 12 heteroatoms. The largest absolute Gasteiger partial charge is 0.362 e. The second kappa shape index (κ2) is 8.78. The van der Waals surface area contributed by atoms with Crippen LogP contribution in [0.3, 0.4) is 0 Å². The van der Waals surface area contributed by atoms with Crippen molar-refractivity contribution in [2.75, 3.05) is 34.2 Å². The Kier molecular flexibility index (Phi) is 6.25. The van der Waals surface area contributed by atoms with Gasteiger partial charge in [-0.3, -0.25) is 9.52 Å². The summed E-state index contributed by atoms with van der Waals surface area (Å²) in [5.74, 6) is 1.89. The summed E-state index contributed by atoms with van der Waals surface area (Å²) in [7, 11) is -2.25. The number of rotatable bonds is 5. The molecule has 0 radical (unpaired) electrons. The quantitative estimate of drug-likeness (QED) is 0.579. The number of benzene rings is 1. The van der Waals surface area contributed by atoms with Crippen LogP contribution in [0.15, 0.2) is 40.8 Å². The molecule has 1 saturated heterocycles. The first-order valence-corrected chi connectivity index (χ1v) is 12.8. The average Bonchev–Trinajstić information content (AvgIpc) is 2.98. The van der Waals surface area contributed by atoms with E-state index in [2.05, 4.69) is 9.71 Å². The summed E-state index contributed by atoms with van der Waals surface area (Å²) in [5.41, 5.74) is 1.47. The third kappa shape index (κ3) is 4.57. The summed E-state index contributed by atoms with van der Waals surface area (Å²) in [4.78, 5) is 19.2. The minimum absolute atomic E-state index is 0.173. The molecular weight excluding hydrogens is 481 g/mol. The number of halogens is 2. The van der Waals surface area contributed by atoms with Crippen LogP contribution in [-0.2, 0) is 17.1 Å². The molecule has 31 heavy (non-hydrogen) atoms. The molecule has 0 amide bonds. The molecule has 1 aliphatic heterocycles. The fourth-order valence-electron chi connectivity index (χ4n) is 3.30. The Hall–Kier alpha value is -2.14. The van der Waals surface area contributed by atoms with Crippen molar-refractivity contribution >= 4 is 68.1 Å². The third-order valence-corrected chi connectivity index (χ3v) is 7.45. The lowest BCUT2D eigenvalue weighted by Crippen LogP contribution is -2.35. The molecule has 3 heterocycles. The maximum atomic E-state index is 12.8. The lowest BCUT2D eigenvalue weighted by Gasteiger charge is -2.26. The van der Waals surface area contributed by atoms with Gasteiger partial charge in [-0.25, -0.2) is 22.6 Å². The van der Waals surface area contributed by atoms with Gasteiger partial charge in [0.05, 0.1) is 23.5 Å². The van der Waals surface area contributed by atoms with E-state index in [-0.39, 0.29) is 11.2 Å². The number of aryl methyl sites for hydroxylation is 1. The number of fused-ring (bicyclic) bond motifs is 1. The number of hydrogen-bond acceptors (Lipinski definition) is 6. The van der Waals surface area contributed by atoms with Crippen molar-refractivity contribution in [1.29, 1.82) is 0 Å². The van der Waals surface area contributed by atoms with E-state index in [0.717, 1.165) is 30.0 Å². The molecular formula is C19H19Cl2N5O3S2.